The number of benzene rings is 3. The summed E-state index contributed by atoms with van der Waals surface area (Å²) in [4.78, 5) is 13.8. The van der Waals surface area contributed by atoms with Gasteiger partial charge in [-0.2, -0.15) is 0 Å². The lowest BCUT2D eigenvalue weighted by Crippen LogP contribution is -2.22. The second-order valence-electron chi connectivity index (χ2n) is 5.98. The molecule has 0 saturated carbocycles. The van der Waals surface area contributed by atoms with E-state index in [4.69, 9.17) is 0 Å². The van der Waals surface area contributed by atoms with Crippen molar-refractivity contribution >= 4 is 32.4 Å². The van der Waals surface area contributed by atoms with Crippen molar-refractivity contribution in [3.8, 4) is 5.75 Å². The monoisotopic (exact) mass is 370 g/mol. The topological polar surface area (TPSA) is 86.7 Å². The number of phenolic OH excluding ortho intramolecular Hbond substituents is 1. The Hall–Kier alpha value is -3.06. The molecule has 3 aromatic carbocycles. The van der Waals surface area contributed by atoms with Crippen molar-refractivity contribution in [3.63, 3.8) is 0 Å². The van der Waals surface area contributed by atoms with Crippen LogP contribution >= 0.6 is 0 Å². The molecule has 0 atom stereocenters. The van der Waals surface area contributed by atoms with E-state index in [1.165, 1.54) is 23.1 Å². The Balaban J connectivity index is 2.19. The zero-order valence-electron chi connectivity index (χ0n) is 14.3. The molecule has 0 bridgehead atoms. The number of hydrogen-bond acceptors (Lipinski definition) is 4. The molecule has 0 fully saturated rings. The molecule has 0 radical (unpaired) electrons. The van der Waals surface area contributed by atoms with Gasteiger partial charge in [0.2, 0.25) is 0 Å². The van der Waals surface area contributed by atoms with Crippen LogP contribution in [0.2, 0.25) is 0 Å². The van der Waals surface area contributed by atoms with E-state index in [-0.39, 0.29) is 21.9 Å². The molecule has 0 saturated heterocycles. The molecule has 0 aliphatic carbocycles. The van der Waals surface area contributed by atoms with Gasteiger partial charge in [-0.15, -0.1) is 0 Å². The van der Waals surface area contributed by atoms with Crippen molar-refractivity contribution in [1.29, 1.82) is 0 Å². The molecular weight excluding hydrogens is 352 g/mol. The highest BCUT2D eigenvalue weighted by Crippen LogP contribution is 2.36. The smallest absolute Gasteiger partial charge is 0.261 e. The van der Waals surface area contributed by atoms with E-state index in [1.807, 2.05) is 0 Å². The summed E-state index contributed by atoms with van der Waals surface area (Å²) >= 11 is 0. The summed E-state index contributed by atoms with van der Waals surface area (Å²) in [6.45, 7) is 0. The van der Waals surface area contributed by atoms with Crippen LogP contribution in [0.4, 0.5) is 5.69 Å². The standard InChI is InChI=1S/C19H18N2O4S/c1-21(2)19(23)16-12-17(14-10-6-7-11-15(14)18(16)22)20-26(24,25)13-8-4-3-5-9-13/h3-12,20,22H,1-2H3. The first-order valence-corrected chi connectivity index (χ1v) is 9.34. The number of sulfonamides is 1. The summed E-state index contributed by atoms with van der Waals surface area (Å²) in [5.74, 6) is -0.602. The molecule has 0 unspecified atom stereocenters. The number of hydrogen-bond donors (Lipinski definition) is 2. The molecule has 134 valence electrons. The van der Waals surface area contributed by atoms with Crippen LogP contribution in [0, 0.1) is 0 Å². The summed E-state index contributed by atoms with van der Waals surface area (Å²) in [6, 6.07) is 16.1. The average molecular weight is 370 g/mol. The molecule has 3 rings (SSSR count). The maximum absolute atomic E-state index is 12.7. The highest BCUT2D eigenvalue weighted by Gasteiger charge is 2.21. The minimum Gasteiger partial charge on any atom is -0.506 e. The number of fused-ring (bicyclic) bond motifs is 1. The normalized spacial score (nSPS) is 11.3. The van der Waals surface area contributed by atoms with Gasteiger partial charge in [0.1, 0.15) is 5.75 Å². The first kappa shape index (κ1) is 17.8. The highest BCUT2D eigenvalue weighted by atomic mass is 32.2. The van der Waals surface area contributed by atoms with Crippen molar-refractivity contribution in [3.05, 3.63) is 66.2 Å². The minimum absolute atomic E-state index is 0.0273. The van der Waals surface area contributed by atoms with Crippen molar-refractivity contribution in [1.82, 2.24) is 4.90 Å². The van der Waals surface area contributed by atoms with Crippen molar-refractivity contribution in [2.75, 3.05) is 18.8 Å². The summed E-state index contributed by atoms with van der Waals surface area (Å²) < 4.78 is 27.9. The lowest BCUT2D eigenvalue weighted by atomic mass is 10.0. The fourth-order valence-electron chi connectivity index (χ4n) is 2.65. The van der Waals surface area contributed by atoms with Gasteiger partial charge < -0.3 is 10.0 Å². The van der Waals surface area contributed by atoms with Crippen molar-refractivity contribution in [2.45, 2.75) is 4.90 Å². The molecule has 0 aliphatic heterocycles. The number of carbonyl (C=O) groups is 1. The van der Waals surface area contributed by atoms with Crippen LogP contribution in [-0.4, -0.2) is 38.4 Å². The van der Waals surface area contributed by atoms with Crippen LogP contribution in [0.15, 0.2) is 65.6 Å². The third-order valence-electron chi connectivity index (χ3n) is 3.95. The third kappa shape index (κ3) is 3.21. The second-order valence-corrected chi connectivity index (χ2v) is 7.67. The van der Waals surface area contributed by atoms with Gasteiger partial charge in [-0.1, -0.05) is 42.5 Å². The van der Waals surface area contributed by atoms with Crippen LogP contribution in [0.1, 0.15) is 10.4 Å². The SMILES string of the molecule is CN(C)C(=O)c1cc(NS(=O)(=O)c2ccccc2)c2ccccc2c1O. The second kappa shape index (κ2) is 6.68. The van der Waals surface area contributed by atoms with Gasteiger partial charge in [-0.25, -0.2) is 8.42 Å². The van der Waals surface area contributed by atoms with E-state index < -0.39 is 15.9 Å². The van der Waals surface area contributed by atoms with Gasteiger partial charge >= 0.3 is 0 Å². The number of amides is 1. The quantitative estimate of drug-likeness (QED) is 0.691. The Morgan fingerprint density at radius 3 is 2.15 bits per heavy atom. The molecule has 0 aromatic heterocycles. The maximum atomic E-state index is 12.7. The lowest BCUT2D eigenvalue weighted by molar-refractivity contribution is 0.0825. The Morgan fingerprint density at radius 2 is 1.54 bits per heavy atom. The highest BCUT2D eigenvalue weighted by molar-refractivity contribution is 7.92. The number of aromatic hydroxyl groups is 1. The number of rotatable bonds is 4. The third-order valence-corrected chi connectivity index (χ3v) is 5.33. The van der Waals surface area contributed by atoms with Gasteiger partial charge in [0.15, 0.2) is 0 Å². The van der Waals surface area contributed by atoms with Crippen LogP contribution in [-0.2, 0) is 10.0 Å². The minimum atomic E-state index is -3.84. The first-order chi connectivity index (χ1) is 12.3. The summed E-state index contributed by atoms with van der Waals surface area (Å²) in [5, 5.41) is 11.4. The fraction of sp³-hybridized carbons (Fsp3) is 0.105. The van der Waals surface area contributed by atoms with E-state index >= 15 is 0 Å². The molecule has 26 heavy (non-hydrogen) atoms. The number of phenols is 1. The van der Waals surface area contributed by atoms with Gasteiger partial charge in [0, 0.05) is 24.9 Å². The average Bonchev–Trinajstić information content (AvgIpc) is 2.64. The molecule has 6 nitrogen and oxygen atoms in total. The predicted octanol–water partition coefficient (Wildman–Crippen LogP) is 3.05. The van der Waals surface area contributed by atoms with E-state index in [9.17, 15) is 18.3 Å². The van der Waals surface area contributed by atoms with Crippen LogP contribution in [0.25, 0.3) is 10.8 Å². The number of nitrogens with zero attached hydrogens (tertiary/aromatic N) is 1. The largest absolute Gasteiger partial charge is 0.506 e. The Bertz CT molecular complexity index is 1080. The van der Waals surface area contributed by atoms with Crippen molar-refractivity contribution < 1.29 is 18.3 Å². The van der Waals surface area contributed by atoms with Crippen LogP contribution in [0.5, 0.6) is 5.75 Å². The molecule has 2 N–H and O–H groups in total. The van der Waals surface area contributed by atoms with Crippen LogP contribution in [0.3, 0.4) is 0 Å². The van der Waals surface area contributed by atoms with E-state index in [2.05, 4.69) is 4.72 Å². The van der Waals surface area contributed by atoms with Crippen molar-refractivity contribution in [2.24, 2.45) is 0 Å². The Labute approximate surface area is 151 Å². The van der Waals surface area contributed by atoms with E-state index in [1.54, 1.807) is 56.6 Å². The summed E-state index contributed by atoms with van der Waals surface area (Å²) in [5.41, 5.74) is 0.256. The number of anilines is 1. The molecule has 0 spiro atoms. The number of carbonyl (C=O) groups excluding carboxylic acids is 1. The Morgan fingerprint density at radius 1 is 0.962 bits per heavy atom. The predicted molar refractivity (Wildman–Crippen MR) is 101 cm³/mol. The van der Waals surface area contributed by atoms with Gasteiger partial charge in [0.05, 0.1) is 16.1 Å². The number of nitrogens with one attached hydrogen (secondary N) is 1. The maximum Gasteiger partial charge on any atom is 0.261 e. The molecular formula is C19H18N2O4S. The van der Waals surface area contributed by atoms with Gasteiger partial charge in [-0.3, -0.25) is 9.52 Å². The van der Waals surface area contributed by atoms with Crippen LogP contribution < -0.4 is 4.72 Å². The molecule has 7 heteroatoms. The first-order valence-electron chi connectivity index (χ1n) is 7.85. The zero-order valence-corrected chi connectivity index (χ0v) is 15.1. The molecule has 0 heterocycles. The van der Waals surface area contributed by atoms with E-state index in [0.717, 1.165) is 0 Å². The summed E-state index contributed by atoms with van der Waals surface area (Å²) in [6.07, 6.45) is 0. The Kier molecular flexibility index (Phi) is 4.56. The fourth-order valence-corrected chi connectivity index (χ4v) is 3.74. The molecule has 3 aromatic rings. The summed E-state index contributed by atoms with van der Waals surface area (Å²) in [7, 11) is -0.716. The van der Waals surface area contributed by atoms with E-state index in [0.29, 0.717) is 10.8 Å². The lowest BCUT2D eigenvalue weighted by Gasteiger charge is -2.17. The van der Waals surface area contributed by atoms with Gasteiger partial charge in [-0.05, 0) is 18.2 Å². The molecule has 1 amide bonds. The molecule has 0 aliphatic rings. The van der Waals surface area contributed by atoms with Gasteiger partial charge in [0.25, 0.3) is 15.9 Å². The zero-order chi connectivity index (χ0) is 18.9.